The fourth-order valence-corrected chi connectivity index (χ4v) is 6.24. The molecule has 0 saturated heterocycles. The van der Waals surface area contributed by atoms with Gasteiger partial charge in [-0.25, -0.2) is 0 Å². The van der Waals surface area contributed by atoms with Crippen molar-refractivity contribution in [3.8, 4) is 11.5 Å². The van der Waals surface area contributed by atoms with Crippen molar-refractivity contribution in [2.45, 2.75) is 166 Å². The van der Waals surface area contributed by atoms with Gasteiger partial charge in [-0.1, -0.05) is 63.8 Å². The summed E-state index contributed by atoms with van der Waals surface area (Å²) in [4.78, 5) is 0. The van der Waals surface area contributed by atoms with Gasteiger partial charge in [-0.15, -0.1) is 0 Å². The van der Waals surface area contributed by atoms with Crippen LogP contribution in [0.4, 0.5) is 0 Å². The number of hydrogen-bond acceptors (Lipinski definition) is 2. The summed E-state index contributed by atoms with van der Waals surface area (Å²) in [6.45, 7) is 27.3. The van der Waals surface area contributed by atoms with Crippen LogP contribution in [0.3, 0.4) is 0 Å². The van der Waals surface area contributed by atoms with Crippen molar-refractivity contribution in [2.75, 3.05) is 6.61 Å². The van der Waals surface area contributed by atoms with E-state index in [-0.39, 0.29) is 5.60 Å². The largest absolute Gasteiger partial charge is 0.489 e. The zero-order valence-corrected chi connectivity index (χ0v) is 32.0. The highest BCUT2D eigenvalue weighted by Crippen LogP contribution is 2.45. The second-order valence-corrected chi connectivity index (χ2v) is 14.8. The number of hydrogen-bond donors (Lipinski definition) is 0. The predicted octanol–water partition coefficient (Wildman–Crippen LogP) is 13.7. The van der Waals surface area contributed by atoms with Crippen LogP contribution in [0.1, 0.15) is 155 Å². The average molecular weight is 629 g/mol. The predicted molar refractivity (Wildman–Crippen MR) is 204 cm³/mol. The Morgan fingerprint density at radius 1 is 0.609 bits per heavy atom. The van der Waals surface area contributed by atoms with Crippen molar-refractivity contribution in [1.29, 1.82) is 0 Å². The first-order chi connectivity index (χ1) is 21.7. The number of rotatable bonds is 18. The molecule has 46 heavy (non-hydrogen) atoms. The molecule has 2 nitrogen and oxygen atoms in total. The van der Waals surface area contributed by atoms with E-state index in [1.54, 1.807) is 0 Å². The topological polar surface area (TPSA) is 18.5 Å². The van der Waals surface area contributed by atoms with Gasteiger partial charge < -0.3 is 9.47 Å². The Hall–Kier alpha value is -2.74. The Labute approximate surface area is 284 Å². The molecule has 2 rings (SSSR count). The van der Waals surface area contributed by atoms with Gasteiger partial charge in [0.15, 0.2) is 0 Å². The first-order valence-corrected chi connectivity index (χ1v) is 18.1. The molecule has 0 spiro atoms. The fourth-order valence-electron chi connectivity index (χ4n) is 6.24. The molecule has 1 aromatic rings. The number of allylic oxidation sites excluding steroid dienone is 11. The minimum absolute atomic E-state index is 0.129. The summed E-state index contributed by atoms with van der Waals surface area (Å²) < 4.78 is 13.3. The average Bonchev–Trinajstić information content (AvgIpc) is 2.97. The third-order valence-corrected chi connectivity index (χ3v) is 9.63. The van der Waals surface area contributed by atoms with Crippen LogP contribution < -0.4 is 9.47 Å². The SMILES string of the molecule is CC(C)=CCC/C(C)=C/CC/C(C)=C/CC[C@]1(C)CCc2c(C)c(OC/C=C(\C)CC/C=C(\C)CCC=C(C)C)c(C)c(C)c2O1. The lowest BCUT2D eigenvalue weighted by molar-refractivity contribution is 0.0558. The van der Waals surface area contributed by atoms with Crippen LogP contribution in [0, 0.1) is 20.8 Å². The molecule has 1 aliphatic heterocycles. The highest BCUT2D eigenvalue weighted by Gasteiger charge is 2.34. The third-order valence-electron chi connectivity index (χ3n) is 9.63. The number of benzene rings is 1. The van der Waals surface area contributed by atoms with E-state index < -0.39 is 0 Å². The molecule has 1 aromatic carbocycles. The van der Waals surface area contributed by atoms with E-state index in [1.807, 2.05) is 0 Å². The van der Waals surface area contributed by atoms with Crippen LogP contribution in [-0.4, -0.2) is 12.2 Å². The molecule has 1 atom stereocenters. The molecule has 0 aromatic heterocycles. The van der Waals surface area contributed by atoms with Crippen molar-refractivity contribution >= 4 is 0 Å². The highest BCUT2D eigenvalue weighted by atomic mass is 16.5. The Bertz CT molecular complexity index is 1320. The van der Waals surface area contributed by atoms with Gasteiger partial charge in [0.05, 0.1) is 0 Å². The smallest absolute Gasteiger partial charge is 0.127 e. The summed E-state index contributed by atoms with van der Waals surface area (Å²) in [6.07, 6.45) is 27.5. The Morgan fingerprint density at radius 3 is 1.57 bits per heavy atom. The first kappa shape index (κ1) is 39.4. The second kappa shape index (κ2) is 19.8. The number of fused-ring (bicyclic) bond motifs is 1. The molecule has 0 fully saturated rings. The Morgan fingerprint density at radius 2 is 1.07 bits per heavy atom. The molecule has 0 bridgehead atoms. The Balaban J connectivity index is 1.92. The first-order valence-electron chi connectivity index (χ1n) is 18.1. The molecule has 0 N–H and O–H groups in total. The fraction of sp³-hybridized carbons (Fsp3) is 0.591. The molecule has 0 saturated carbocycles. The van der Waals surface area contributed by atoms with Crippen LogP contribution in [0.5, 0.6) is 11.5 Å². The van der Waals surface area contributed by atoms with E-state index in [4.69, 9.17) is 9.47 Å². The second-order valence-electron chi connectivity index (χ2n) is 14.8. The summed E-state index contributed by atoms with van der Waals surface area (Å²) in [5, 5.41) is 0. The molecule has 2 heteroatoms. The van der Waals surface area contributed by atoms with Crippen molar-refractivity contribution in [3.05, 3.63) is 92.1 Å². The van der Waals surface area contributed by atoms with Crippen LogP contribution in [-0.2, 0) is 6.42 Å². The van der Waals surface area contributed by atoms with Crippen LogP contribution >= 0.6 is 0 Å². The van der Waals surface area contributed by atoms with E-state index >= 15 is 0 Å². The molecule has 1 aliphatic rings. The van der Waals surface area contributed by atoms with Crippen molar-refractivity contribution in [1.82, 2.24) is 0 Å². The Kier molecular flexibility index (Phi) is 17.0. The van der Waals surface area contributed by atoms with E-state index in [0.29, 0.717) is 6.61 Å². The monoisotopic (exact) mass is 629 g/mol. The molecular weight excluding hydrogens is 560 g/mol. The molecule has 0 amide bonds. The normalized spacial score (nSPS) is 17.4. The molecule has 0 radical (unpaired) electrons. The van der Waals surface area contributed by atoms with E-state index in [9.17, 15) is 0 Å². The van der Waals surface area contributed by atoms with Gasteiger partial charge in [-0.2, -0.15) is 0 Å². The standard InChI is InChI=1S/C44H68O2/c1-32(2)18-13-20-34(5)22-15-24-36(7)26-17-29-44(12)30-27-41-40(11)42(38(9)39(10)43(41)46-44)45-31-28-37(8)25-16-23-35(6)21-14-19-33(3)4/h18-19,22-23,26,28H,13-17,20-21,24-25,27,29-31H2,1-12H3/b34-22+,35-23+,36-26+,37-28+/t44-/m1/s1. The minimum Gasteiger partial charge on any atom is -0.489 e. The lowest BCUT2D eigenvalue weighted by Crippen LogP contribution is -2.37. The third kappa shape index (κ3) is 13.9. The summed E-state index contributed by atoms with van der Waals surface area (Å²) in [5.74, 6) is 2.14. The molecule has 256 valence electrons. The van der Waals surface area contributed by atoms with Crippen molar-refractivity contribution in [2.24, 2.45) is 0 Å². The van der Waals surface area contributed by atoms with Gasteiger partial charge in [0.2, 0.25) is 0 Å². The molecule has 0 unspecified atom stereocenters. The summed E-state index contributed by atoms with van der Waals surface area (Å²) in [7, 11) is 0. The lowest BCUT2D eigenvalue weighted by Gasteiger charge is -2.38. The zero-order chi connectivity index (χ0) is 34.3. The maximum Gasteiger partial charge on any atom is 0.127 e. The van der Waals surface area contributed by atoms with Crippen LogP contribution in [0.25, 0.3) is 0 Å². The maximum absolute atomic E-state index is 6.84. The summed E-state index contributed by atoms with van der Waals surface area (Å²) in [5.41, 5.74) is 13.6. The van der Waals surface area contributed by atoms with Gasteiger partial charge in [0.1, 0.15) is 23.7 Å². The minimum atomic E-state index is -0.129. The van der Waals surface area contributed by atoms with E-state index in [1.165, 1.54) is 62.1 Å². The summed E-state index contributed by atoms with van der Waals surface area (Å²) in [6, 6.07) is 0. The zero-order valence-electron chi connectivity index (χ0n) is 32.0. The quantitative estimate of drug-likeness (QED) is 0.151. The van der Waals surface area contributed by atoms with E-state index in [2.05, 4.69) is 120 Å². The van der Waals surface area contributed by atoms with Gasteiger partial charge in [-0.3, -0.25) is 0 Å². The number of ether oxygens (including phenoxy) is 2. The maximum atomic E-state index is 6.84. The van der Waals surface area contributed by atoms with Gasteiger partial charge in [-0.05, 0) is 183 Å². The molecular formula is C44H68O2. The van der Waals surface area contributed by atoms with Crippen molar-refractivity contribution < 1.29 is 9.47 Å². The lowest BCUT2D eigenvalue weighted by atomic mass is 9.85. The van der Waals surface area contributed by atoms with Crippen LogP contribution in [0.2, 0.25) is 0 Å². The molecule has 1 heterocycles. The van der Waals surface area contributed by atoms with Gasteiger partial charge in [0.25, 0.3) is 0 Å². The van der Waals surface area contributed by atoms with Gasteiger partial charge in [0, 0.05) is 5.56 Å². The highest BCUT2D eigenvalue weighted by molar-refractivity contribution is 5.59. The van der Waals surface area contributed by atoms with Crippen molar-refractivity contribution in [3.63, 3.8) is 0 Å². The molecule has 0 aliphatic carbocycles. The van der Waals surface area contributed by atoms with Gasteiger partial charge >= 0.3 is 0 Å². The van der Waals surface area contributed by atoms with E-state index in [0.717, 1.165) is 82.1 Å². The summed E-state index contributed by atoms with van der Waals surface area (Å²) >= 11 is 0. The van der Waals surface area contributed by atoms with Crippen LogP contribution in [0.15, 0.2) is 69.9 Å².